The zero-order valence-electron chi connectivity index (χ0n) is 9.82. The van der Waals surface area contributed by atoms with E-state index in [1.807, 2.05) is 27.7 Å². The van der Waals surface area contributed by atoms with Crippen molar-refractivity contribution in [2.75, 3.05) is 0 Å². The molecule has 0 spiro atoms. The van der Waals surface area contributed by atoms with E-state index in [2.05, 4.69) is 4.98 Å². The van der Waals surface area contributed by atoms with Gasteiger partial charge < -0.3 is 5.73 Å². The first kappa shape index (κ1) is 11.9. The van der Waals surface area contributed by atoms with Crippen molar-refractivity contribution in [1.29, 1.82) is 0 Å². The van der Waals surface area contributed by atoms with E-state index in [0.29, 0.717) is 12.5 Å². The van der Waals surface area contributed by atoms with E-state index in [-0.39, 0.29) is 11.6 Å². The van der Waals surface area contributed by atoms with Gasteiger partial charge in [-0.25, -0.2) is 4.98 Å². The van der Waals surface area contributed by atoms with Crippen LogP contribution in [0.25, 0.3) is 0 Å². The molecule has 1 aromatic rings. The predicted molar refractivity (Wildman–Crippen MR) is 60.8 cm³/mol. The van der Waals surface area contributed by atoms with E-state index in [1.54, 1.807) is 10.6 Å². The third kappa shape index (κ3) is 2.89. The normalized spacial score (nSPS) is 13.2. The zero-order valence-corrected chi connectivity index (χ0v) is 9.82. The van der Waals surface area contributed by atoms with Crippen LogP contribution in [0.4, 0.5) is 0 Å². The first-order valence-electron chi connectivity index (χ1n) is 5.22. The summed E-state index contributed by atoms with van der Waals surface area (Å²) in [4.78, 5) is 15.9. The first-order chi connectivity index (χ1) is 6.91. The topological polar surface area (TPSA) is 60.9 Å². The van der Waals surface area contributed by atoms with E-state index in [0.717, 1.165) is 11.5 Å². The van der Waals surface area contributed by atoms with Crippen molar-refractivity contribution >= 4 is 0 Å². The van der Waals surface area contributed by atoms with Crippen LogP contribution in [0.3, 0.4) is 0 Å². The van der Waals surface area contributed by atoms with Crippen molar-refractivity contribution < 1.29 is 0 Å². The average molecular weight is 209 g/mol. The average Bonchev–Trinajstić information content (AvgIpc) is 2.10. The van der Waals surface area contributed by atoms with Crippen LogP contribution in [0.1, 0.15) is 25.4 Å². The molecule has 0 aliphatic carbocycles. The highest BCUT2D eigenvalue weighted by atomic mass is 16.1. The van der Waals surface area contributed by atoms with Crippen molar-refractivity contribution in [2.45, 2.75) is 40.3 Å². The highest BCUT2D eigenvalue weighted by molar-refractivity contribution is 5.01. The van der Waals surface area contributed by atoms with Gasteiger partial charge in [0.25, 0.3) is 5.56 Å². The smallest absolute Gasteiger partial charge is 0.253 e. The molecule has 1 rings (SSSR count). The van der Waals surface area contributed by atoms with Crippen molar-refractivity contribution in [2.24, 2.45) is 11.7 Å². The molecule has 1 atom stereocenters. The van der Waals surface area contributed by atoms with Gasteiger partial charge in [-0.15, -0.1) is 0 Å². The molecule has 2 N–H and O–H groups in total. The summed E-state index contributed by atoms with van der Waals surface area (Å²) in [6, 6.07) is 1.53. The Morgan fingerprint density at radius 2 is 2.07 bits per heavy atom. The molecule has 1 aromatic heterocycles. The maximum Gasteiger partial charge on any atom is 0.253 e. The standard InChI is InChI=1S/C11H19N3O/c1-7(2)10(12)6-14-9(4)13-8(3)5-11(14)15/h5,7,10H,6,12H2,1-4H3. The molecule has 1 heterocycles. The molecule has 0 aliphatic rings. The molecule has 0 aromatic carbocycles. The monoisotopic (exact) mass is 209 g/mol. The van der Waals surface area contributed by atoms with Crippen LogP contribution in [0.2, 0.25) is 0 Å². The van der Waals surface area contributed by atoms with Gasteiger partial charge in [0.05, 0.1) is 0 Å². The molecule has 84 valence electrons. The van der Waals surface area contributed by atoms with Gasteiger partial charge in [-0.3, -0.25) is 9.36 Å². The van der Waals surface area contributed by atoms with Gasteiger partial charge in [0.1, 0.15) is 5.82 Å². The fourth-order valence-corrected chi connectivity index (χ4v) is 1.41. The van der Waals surface area contributed by atoms with Gasteiger partial charge in [-0.05, 0) is 19.8 Å². The Balaban J connectivity index is 3.00. The second-order valence-electron chi connectivity index (χ2n) is 4.30. The summed E-state index contributed by atoms with van der Waals surface area (Å²) < 4.78 is 1.64. The summed E-state index contributed by atoms with van der Waals surface area (Å²) >= 11 is 0. The van der Waals surface area contributed by atoms with E-state index < -0.39 is 0 Å². The lowest BCUT2D eigenvalue weighted by Crippen LogP contribution is -2.37. The van der Waals surface area contributed by atoms with Crippen LogP contribution < -0.4 is 11.3 Å². The van der Waals surface area contributed by atoms with Crippen LogP contribution in [0.15, 0.2) is 10.9 Å². The molecular weight excluding hydrogens is 190 g/mol. The maximum atomic E-state index is 11.7. The summed E-state index contributed by atoms with van der Waals surface area (Å²) in [5.41, 5.74) is 6.68. The Hall–Kier alpha value is -1.16. The Kier molecular flexibility index (Phi) is 3.63. The molecule has 0 amide bonds. The summed E-state index contributed by atoms with van der Waals surface area (Å²) in [6.45, 7) is 8.29. The number of hydrogen-bond acceptors (Lipinski definition) is 3. The van der Waals surface area contributed by atoms with Crippen LogP contribution in [-0.2, 0) is 6.54 Å². The van der Waals surface area contributed by atoms with Gasteiger partial charge in [0.2, 0.25) is 0 Å². The van der Waals surface area contributed by atoms with Gasteiger partial charge in [0, 0.05) is 24.3 Å². The zero-order chi connectivity index (χ0) is 11.6. The van der Waals surface area contributed by atoms with Crippen molar-refractivity contribution in [3.05, 3.63) is 27.9 Å². The van der Waals surface area contributed by atoms with Crippen molar-refractivity contribution in [3.8, 4) is 0 Å². The molecule has 0 bridgehead atoms. The maximum absolute atomic E-state index is 11.7. The molecule has 0 saturated carbocycles. The third-order valence-electron chi connectivity index (χ3n) is 2.58. The lowest BCUT2D eigenvalue weighted by molar-refractivity contribution is 0.419. The number of aryl methyl sites for hydroxylation is 2. The molecule has 0 saturated heterocycles. The highest BCUT2D eigenvalue weighted by Crippen LogP contribution is 2.02. The number of aromatic nitrogens is 2. The molecule has 0 radical (unpaired) electrons. The summed E-state index contributed by atoms with van der Waals surface area (Å²) in [6.07, 6.45) is 0. The van der Waals surface area contributed by atoms with Crippen LogP contribution >= 0.6 is 0 Å². The Morgan fingerprint density at radius 3 is 2.53 bits per heavy atom. The lowest BCUT2D eigenvalue weighted by atomic mass is 10.1. The van der Waals surface area contributed by atoms with E-state index >= 15 is 0 Å². The Bertz CT molecular complexity index is 395. The third-order valence-corrected chi connectivity index (χ3v) is 2.58. The highest BCUT2D eigenvalue weighted by Gasteiger charge is 2.11. The van der Waals surface area contributed by atoms with Crippen molar-refractivity contribution in [3.63, 3.8) is 0 Å². The summed E-state index contributed by atoms with van der Waals surface area (Å²) in [7, 11) is 0. The number of hydrogen-bond donors (Lipinski definition) is 1. The fraction of sp³-hybridized carbons (Fsp3) is 0.636. The van der Waals surface area contributed by atoms with Crippen LogP contribution in [0.5, 0.6) is 0 Å². The molecule has 1 unspecified atom stereocenters. The first-order valence-corrected chi connectivity index (χ1v) is 5.22. The molecule has 0 fully saturated rings. The Morgan fingerprint density at radius 1 is 1.47 bits per heavy atom. The molecule has 0 aliphatic heterocycles. The minimum Gasteiger partial charge on any atom is -0.326 e. The van der Waals surface area contributed by atoms with Crippen molar-refractivity contribution in [1.82, 2.24) is 9.55 Å². The van der Waals surface area contributed by atoms with E-state index in [1.165, 1.54) is 0 Å². The second kappa shape index (κ2) is 4.57. The number of nitrogens with zero attached hydrogens (tertiary/aromatic N) is 2. The van der Waals surface area contributed by atoms with Crippen LogP contribution in [0, 0.1) is 19.8 Å². The quantitative estimate of drug-likeness (QED) is 0.802. The lowest BCUT2D eigenvalue weighted by Gasteiger charge is -2.18. The minimum absolute atomic E-state index is 0.00842. The van der Waals surface area contributed by atoms with E-state index in [9.17, 15) is 4.79 Å². The summed E-state index contributed by atoms with van der Waals surface area (Å²) in [5, 5.41) is 0. The Labute approximate surface area is 90.1 Å². The predicted octanol–water partition coefficient (Wildman–Crippen LogP) is 0.843. The van der Waals surface area contributed by atoms with Gasteiger partial charge in [0.15, 0.2) is 0 Å². The molecule has 15 heavy (non-hydrogen) atoms. The SMILES string of the molecule is Cc1cc(=O)n(CC(N)C(C)C)c(C)n1. The van der Waals surface area contributed by atoms with Gasteiger partial charge in [-0.2, -0.15) is 0 Å². The summed E-state index contributed by atoms with van der Waals surface area (Å²) in [5.74, 6) is 1.09. The second-order valence-corrected chi connectivity index (χ2v) is 4.30. The minimum atomic E-state index is -0.0175. The van der Waals surface area contributed by atoms with E-state index in [4.69, 9.17) is 5.73 Å². The molecule has 4 heteroatoms. The number of rotatable bonds is 3. The van der Waals surface area contributed by atoms with Gasteiger partial charge >= 0.3 is 0 Å². The molecular formula is C11H19N3O. The van der Waals surface area contributed by atoms with Gasteiger partial charge in [-0.1, -0.05) is 13.8 Å². The largest absolute Gasteiger partial charge is 0.326 e. The number of nitrogens with two attached hydrogens (primary N) is 1. The fourth-order valence-electron chi connectivity index (χ4n) is 1.41. The molecule has 4 nitrogen and oxygen atoms in total. The van der Waals surface area contributed by atoms with Crippen LogP contribution in [-0.4, -0.2) is 15.6 Å².